The van der Waals surface area contributed by atoms with E-state index in [0.29, 0.717) is 11.2 Å². The maximum absolute atomic E-state index is 5.01. The highest BCUT2D eigenvalue weighted by Crippen LogP contribution is 2.12. The Hall–Kier alpha value is -0.350. The quantitative estimate of drug-likeness (QED) is 0.467. The molecule has 0 saturated carbocycles. The minimum absolute atomic E-state index is 0.0903. The van der Waals surface area contributed by atoms with Crippen LogP contribution in [0.5, 0.6) is 0 Å². The predicted molar refractivity (Wildman–Crippen MR) is 50.2 cm³/mol. The topological polar surface area (TPSA) is 36.1 Å². The van der Waals surface area contributed by atoms with E-state index < -0.39 is 0 Å². The molecule has 3 nitrogen and oxygen atoms in total. The third kappa shape index (κ3) is 2.63. The monoisotopic (exact) mass is 173 g/mol. The van der Waals surface area contributed by atoms with Gasteiger partial charge in [0, 0.05) is 11.6 Å². The maximum Gasteiger partial charge on any atom is 0.181 e. The molecule has 0 aromatic carbocycles. The zero-order chi connectivity index (χ0) is 8.48. The Kier molecular flexibility index (Phi) is 2.34. The van der Waals surface area contributed by atoms with Gasteiger partial charge in [0.05, 0.1) is 0 Å². The van der Waals surface area contributed by atoms with E-state index in [4.69, 9.17) is 12.2 Å². The van der Waals surface area contributed by atoms with Gasteiger partial charge in [0.15, 0.2) is 5.11 Å². The number of hydrazine groups is 1. The Balaban J connectivity index is 2.63. The average molecular weight is 173 g/mol. The molecule has 0 aliphatic carbocycles. The molecule has 0 unspecified atom stereocenters. The highest BCUT2D eigenvalue weighted by atomic mass is 32.1. The molecule has 0 aromatic heterocycles. The van der Waals surface area contributed by atoms with Crippen molar-refractivity contribution >= 4 is 17.3 Å². The second kappa shape index (κ2) is 2.95. The molecular weight excluding hydrogens is 158 g/mol. The van der Waals surface area contributed by atoms with Crippen LogP contribution < -0.4 is 16.2 Å². The Labute approximate surface area is 72.9 Å². The fourth-order valence-electron chi connectivity index (χ4n) is 1.39. The van der Waals surface area contributed by atoms with Gasteiger partial charge >= 0.3 is 0 Å². The van der Waals surface area contributed by atoms with Gasteiger partial charge in [0.1, 0.15) is 0 Å². The molecule has 0 bridgehead atoms. The fourth-order valence-corrected chi connectivity index (χ4v) is 1.73. The lowest BCUT2D eigenvalue weighted by atomic mass is 9.97. The van der Waals surface area contributed by atoms with Gasteiger partial charge in [-0.2, -0.15) is 0 Å². The fraction of sp³-hybridized carbons (Fsp3) is 0.857. The molecule has 3 N–H and O–H groups in total. The van der Waals surface area contributed by atoms with Gasteiger partial charge in [-0.3, -0.25) is 5.43 Å². The molecule has 1 aliphatic rings. The molecule has 11 heavy (non-hydrogen) atoms. The van der Waals surface area contributed by atoms with Gasteiger partial charge in [-0.15, -0.1) is 0 Å². The van der Waals surface area contributed by atoms with E-state index in [1.807, 2.05) is 0 Å². The van der Waals surface area contributed by atoms with Crippen molar-refractivity contribution in [2.24, 2.45) is 0 Å². The van der Waals surface area contributed by atoms with Crippen LogP contribution in [0.3, 0.4) is 0 Å². The van der Waals surface area contributed by atoms with E-state index >= 15 is 0 Å². The second-order valence-corrected chi connectivity index (χ2v) is 4.12. The van der Waals surface area contributed by atoms with Crippen molar-refractivity contribution in [2.45, 2.75) is 38.8 Å². The van der Waals surface area contributed by atoms with Crippen molar-refractivity contribution < 1.29 is 0 Å². The van der Waals surface area contributed by atoms with Crippen molar-refractivity contribution in [3.8, 4) is 0 Å². The number of nitrogens with one attached hydrogen (secondary N) is 3. The van der Waals surface area contributed by atoms with Crippen LogP contribution in [0.2, 0.25) is 0 Å². The smallest absolute Gasteiger partial charge is 0.181 e. The summed E-state index contributed by atoms with van der Waals surface area (Å²) in [6.07, 6.45) is 1.06. The molecule has 0 amide bonds. The minimum atomic E-state index is 0.0903. The zero-order valence-electron chi connectivity index (χ0n) is 7.19. The molecule has 1 atom stereocenters. The van der Waals surface area contributed by atoms with Crippen molar-refractivity contribution in [2.75, 3.05) is 0 Å². The number of thiocarbonyl (C=S) groups is 1. The molecule has 1 saturated heterocycles. The van der Waals surface area contributed by atoms with Gasteiger partial charge in [0.2, 0.25) is 0 Å². The molecule has 64 valence electrons. The Bertz CT molecular complexity index is 167. The lowest BCUT2D eigenvalue weighted by Gasteiger charge is -2.25. The van der Waals surface area contributed by atoms with Crippen LogP contribution in [-0.2, 0) is 0 Å². The summed E-state index contributed by atoms with van der Waals surface area (Å²) >= 11 is 5.01. The van der Waals surface area contributed by atoms with Crippen LogP contribution in [0.4, 0.5) is 0 Å². The minimum Gasteiger partial charge on any atom is -0.357 e. The molecule has 0 radical (unpaired) electrons. The number of hydrogen-bond donors (Lipinski definition) is 3. The lowest BCUT2D eigenvalue weighted by Crippen LogP contribution is -2.46. The van der Waals surface area contributed by atoms with Crippen molar-refractivity contribution in [1.82, 2.24) is 16.2 Å². The summed E-state index contributed by atoms with van der Waals surface area (Å²) in [6, 6.07) is 0.443. The second-order valence-electron chi connectivity index (χ2n) is 3.71. The molecular formula is C7H15N3S. The van der Waals surface area contributed by atoms with E-state index in [-0.39, 0.29) is 5.54 Å². The van der Waals surface area contributed by atoms with Gasteiger partial charge < -0.3 is 5.32 Å². The van der Waals surface area contributed by atoms with E-state index in [2.05, 4.69) is 36.9 Å². The van der Waals surface area contributed by atoms with E-state index in [0.717, 1.165) is 6.42 Å². The van der Waals surface area contributed by atoms with Gasteiger partial charge in [-0.25, -0.2) is 5.43 Å². The Morgan fingerprint density at radius 2 is 2.18 bits per heavy atom. The summed E-state index contributed by atoms with van der Waals surface area (Å²) in [5.74, 6) is 0. The van der Waals surface area contributed by atoms with Crippen LogP contribution in [0.15, 0.2) is 0 Å². The molecule has 1 heterocycles. The van der Waals surface area contributed by atoms with Crippen molar-refractivity contribution in [3.63, 3.8) is 0 Å². The summed E-state index contributed by atoms with van der Waals surface area (Å²) in [7, 11) is 0. The third-order valence-electron chi connectivity index (χ3n) is 1.70. The van der Waals surface area contributed by atoms with Crippen LogP contribution >= 0.6 is 12.2 Å². The van der Waals surface area contributed by atoms with Crippen LogP contribution in [0, 0.1) is 0 Å². The summed E-state index contributed by atoms with van der Waals surface area (Å²) in [5.41, 5.74) is 6.11. The third-order valence-corrected chi connectivity index (χ3v) is 1.90. The normalized spacial score (nSPS) is 30.1. The average Bonchev–Trinajstić information content (AvgIpc) is 1.89. The Morgan fingerprint density at radius 1 is 1.55 bits per heavy atom. The first-order valence-corrected chi connectivity index (χ1v) is 4.24. The SMILES string of the molecule is C[C@@H]1CC(C)(C)NC(=S)NN1. The highest BCUT2D eigenvalue weighted by molar-refractivity contribution is 7.80. The van der Waals surface area contributed by atoms with Crippen LogP contribution in [0.1, 0.15) is 27.2 Å². The molecule has 1 fully saturated rings. The standard InChI is InChI=1S/C7H15N3S/c1-5-4-7(2,3)8-6(11)10-9-5/h5,9H,4H2,1-3H3,(H2,8,10,11)/t5-/m1/s1. The van der Waals surface area contributed by atoms with Gasteiger partial charge in [-0.05, 0) is 39.4 Å². The number of rotatable bonds is 0. The first kappa shape index (κ1) is 8.74. The molecule has 1 aliphatic heterocycles. The van der Waals surface area contributed by atoms with Crippen molar-refractivity contribution in [3.05, 3.63) is 0 Å². The summed E-state index contributed by atoms with van der Waals surface area (Å²) < 4.78 is 0. The molecule has 1 rings (SSSR count). The van der Waals surface area contributed by atoms with Crippen molar-refractivity contribution in [1.29, 1.82) is 0 Å². The predicted octanol–water partition coefficient (Wildman–Crippen LogP) is 0.526. The van der Waals surface area contributed by atoms with E-state index in [1.165, 1.54) is 0 Å². The zero-order valence-corrected chi connectivity index (χ0v) is 8.01. The van der Waals surface area contributed by atoms with Gasteiger partial charge in [0.25, 0.3) is 0 Å². The van der Waals surface area contributed by atoms with E-state index in [1.54, 1.807) is 0 Å². The summed E-state index contributed by atoms with van der Waals surface area (Å²) in [5, 5.41) is 3.89. The first-order chi connectivity index (χ1) is 4.99. The van der Waals surface area contributed by atoms with Gasteiger partial charge in [-0.1, -0.05) is 0 Å². The highest BCUT2D eigenvalue weighted by Gasteiger charge is 2.24. The molecule has 4 heteroatoms. The number of hydrogen-bond acceptors (Lipinski definition) is 2. The lowest BCUT2D eigenvalue weighted by molar-refractivity contribution is 0.380. The molecule has 0 aromatic rings. The van der Waals surface area contributed by atoms with Crippen LogP contribution in [0.25, 0.3) is 0 Å². The Morgan fingerprint density at radius 3 is 2.82 bits per heavy atom. The summed E-state index contributed by atoms with van der Waals surface area (Å²) in [4.78, 5) is 0. The van der Waals surface area contributed by atoms with Crippen LogP contribution in [-0.4, -0.2) is 16.7 Å². The first-order valence-electron chi connectivity index (χ1n) is 3.83. The van der Waals surface area contributed by atoms with E-state index in [9.17, 15) is 0 Å². The molecule has 0 spiro atoms. The largest absolute Gasteiger partial charge is 0.357 e. The summed E-state index contributed by atoms with van der Waals surface area (Å²) in [6.45, 7) is 6.42. The maximum atomic E-state index is 5.01.